The van der Waals surface area contributed by atoms with Gasteiger partial charge in [-0.1, -0.05) is 24.3 Å². The minimum Gasteiger partial charge on any atom is -0.340 e. The molecule has 1 amide bonds. The molecular weight excluding hydrogens is 274 g/mol. The molecule has 3 nitrogen and oxygen atoms in total. The molecule has 2 rings (SSSR count). The van der Waals surface area contributed by atoms with E-state index in [0.29, 0.717) is 12.5 Å². The lowest BCUT2D eigenvalue weighted by molar-refractivity contribution is -0.143. The number of nitrogens with one attached hydrogen (secondary N) is 1. The third-order valence-electron chi connectivity index (χ3n) is 3.21. The Labute approximate surface area is 122 Å². The van der Waals surface area contributed by atoms with Crippen molar-refractivity contribution in [2.45, 2.75) is 25.8 Å². The highest BCUT2D eigenvalue weighted by molar-refractivity contribution is 5.83. The Morgan fingerprint density at radius 3 is 2.38 bits per heavy atom. The SMILES string of the molecule is Cc1ccccc1C(NC(=O)C(C)(F)F)c1ccncc1. The molecule has 0 fully saturated rings. The topological polar surface area (TPSA) is 42.0 Å². The molecule has 2 aromatic rings. The molecule has 0 saturated heterocycles. The highest BCUT2D eigenvalue weighted by Crippen LogP contribution is 2.26. The number of aryl methyl sites for hydroxylation is 1. The van der Waals surface area contributed by atoms with E-state index in [1.54, 1.807) is 24.5 Å². The zero-order valence-electron chi connectivity index (χ0n) is 11.8. The van der Waals surface area contributed by atoms with Gasteiger partial charge in [-0.25, -0.2) is 0 Å². The van der Waals surface area contributed by atoms with Gasteiger partial charge in [0.2, 0.25) is 0 Å². The predicted molar refractivity (Wildman–Crippen MR) is 76.0 cm³/mol. The normalized spacial score (nSPS) is 12.8. The van der Waals surface area contributed by atoms with Crippen molar-refractivity contribution in [1.82, 2.24) is 10.3 Å². The van der Waals surface area contributed by atoms with Gasteiger partial charge < -0.3 is 5.32 Å². The van der Waals surface area contributed by atoms with E-state index in [4.69, 9.17) is 0 Å². The zero-order valence-corrected chi connectivity index (χ0v) is 11.8. The van der Waals surface area contributed by atoms with Gasteiger partial charge in [0.25, 0.3) is 5.91 Å². The van der Waals surface area contributed by atoms with E-state index < -0.39 is 17.9 Å². The average molecular weight is 290 g/mol. The molecule has 5 heteroatoms. The lowest BCUT2D eigenvalue weighted by Gasteiger charge is -2.23. The number of pyridine rings is 1. The van der Waals surface area contributed by atoms with Gasteiger partial charge in [0.15, 0.2) is 0 Å². The summed E-state index contributed by atoms with van der Waals surface area (Å²) in [6, 6.07) is 10.1. The number of aromatic nitrogens is 1. The Balaban J connectivity index is 2.41. The first-order valence-corrected chi connectivity index (χ1v) is 6.54. The molecule has 0 aliphatic heterocycles. The number of rotatable bonds is 4. The molecular formula is C16H16F2N2O. The fraction of sp³-hybridized carbons (Fsp3) is 0.250. The standard InChI is InChI=1S/C16H16F2N2O/c1-11-5-3-4-6-13(11)14(12-7-9-19-10-8-12)20-15(21)16(2,17)18/h3-10,14H,1-2H3,(H,20,21). The van der Waals surface area contributed by atoms with Crippen molar-refractivity contribution >= 4 is 5.91 Å². The second-order valence-corrected chi connectivity index (χ2v) is 4.93. The van der Waals surface area contributed by atoms with Crippen molar-refractivity contribution in [2.24, 2.45) is 0 Å². The summed E-state index contributed by atoms with van der Waals surface area (Å²) in [4.78, 5) is 15.6. The van der Waals surface area contributed by atoms with Crippen molar-refractivity contribution in [1.29, 1.82) is 0 Å². The summed E-state index contributed by atoms with van der Waals surface area (Å²) in [5.74, 6) is -4.72. The van der Waals surface area contributed by atoms with Crippen LogP contribution in [0.5, 0.6) is 0 Å². The van der Waals surface area contributed by atoms with Crippen LogP contribution < -0.4 is 5.32 Å². The molecule has 0 spiro atoms. The molecule has 0 aliphatic rings. The molecule has 0 saturated carbocycles. The van der Waals surface area contributed by atoms with E-state index in [1.807, 2.05) is 31.2 Å². The fourth-order valence-electron chi connectivity index (χ4n) is 2.07. The number of carbonyl (C=O) groups is 1. The Hall–Kier alpha value is -2.30. The van der Waals surface area contributed by atoms with Crippen LogP contribution in [0, 0.1) is 6.92 Å². The van der Waals surface area contributed by atoms with Crippen LogP contribution in [0.25, 0.3) is 0 Å². The molecule has 1 heterocycles. The Morgan fingerprint density at radius 2 is 1.81 bits per heavy atom. The smallest absolute Gasteiger partial charge is 0.321 e. The second-order valence-electron chi connectivity index (χ2n) is 4.93. The van der Waals surface area contributed by atoms with Gasteiger partial charge >= 0.3 is 5.92 Å². The van der Waals surface area contributed by atoms with Gasteiger partial charge in [-0.2, -0.15) is 8.78 Å². The lowest BCUT2D eigenvalue weighted by Crippen LogP contribution is -2.40. The molecule has 21 heavy (non-hydrogen) atoms. The minimum absolute atomic E-state index is 0.587. The summed E-state index contributed by atoms with van der Waals surface area (Å²) in [6.45, 7) is 2.46. The fourth-order valence-corrected chi connectivity index (χ4v) is 2.07. The summed E-state index contributed by atoms with van der Waals surface area (Å²) >= 11 is 0. The van der Waals surface area contributed by atoms with Crippen molar-refractivity contribution in [3.05, 3.63) is 65.5 Å². The quantitative estimate of drug-likeness (QED) is 0.939. The van der Waals surface area contributed by atoms with Gasteiger partial charge in [-0.05, 0) is 35.7 Å². The maximum atomic E-state index is 13.2. The number of alkyl halides is 2. The summed E-state index contributed by atoms with van der Waals surface area (Å²) in [5.41, 5.74) is 2.40. The molecule has 0 aliphatic carbocycles. The van der Waals surface area contributed by atoms with E-state index in [2.05, 4.69) is 10.3 Å². The number of hydrogen-bond acceptors (Lipinski definition) is 2. The molecule has 0 bridgehead atoms. The Kier molecular flexibility index (Phi) is 4.31. The van der Waals surface area contributed by atoms with Crippen LogP contribution >= 0.6 is 0 Å². The van der Waals surface area contributed by atoms with Crippen LogP contribution in [-0.2, 0) is 4.79 Å². The van der Waals surface area contributed by atoms with E-state index in [9.17, 15) is 13.6 Å². The van der Waals surface area contributed by atoms with Crippen LogP contribution in [0.3, 0.4) is 0 Å². The van der Waals surface area contributed by atoms with Crippen molar-refractivity contribution < 1.29 is 13.6 Å². The summed E-state index contributed by atoms with van der Waals surface area (Å²) < 4.78 is 26.4. The first-order chi connectivity index (χ1) is 9.89. The van der Waals surface area contributed by atoms with Gasteiger partial charge in [0.1, 0.15) is 0 Å². The minimum atomic E-state index is -3.42. The van der Waals surface area contributed by atoms with Gasteiger partial charge in [0.05, 0.1) is 6.04 Å². The molecule has 1 aromatic carbocycles. The van der Waals surface area contributed by atoms with Crippen LogP contribution in [0.15, 0.2) is 48.8 Å². The number of hydrogen-bond donors (Lipinski definition) is 1. The van der Waals surface area contributed by atoms with Crippen LogP contribution in [0.4, 0.5) is 8.78 Å². The van der Waals surface area contributed by atoms with E-state index in [-0.39, 0.29) is 0 Å². The molecule has 0 radical (unpaired) electrons. The summed E-state index contributed by atoms with van der Waals surface area (Å²) in [7, 11) is 0. The van der Waals surface area contributed by atoms with Crippen molar-refractivity contribution in [3.8, 4) is 0 Å². The average Bonchev–Trinajstić information content (AvgIpc) is 2.45. The number of carbonyl (C=O) groups excluding carboxylic acids is 1. The lowest BCUT2D eigenvalue weighted by atomic mass is 9.95. The highest BCUT2D eigenvalue weighted by Gasteiger charge is 2.34. The number of amides is 1. The van der Waals surface area contributed by atoms with Gasteiger partial charge in [-0.15, -0.1) is 0 Å². The summed E-state index contributed by atoms with van der Waals surface area (Å²) in [5, 5.41) is 2.41. The van der Waals surface area contributed by atoms with Crippen molar-refractivity contribution in [3.63, 3.8) is 0 Å². The summed E-state index contributed by atoms with van der Waals surface area (Å²) in [6.07, 6.45) is 3.13. The van der Waals surface area contributed by atoms with E-state index >= 15 is 0 Å². The van der Waals surface area contributed by atoms with Crippen LogP contribution in [0.2, 0.25) is 0 Å². The monoisotopic (exact) mass is 290 g/mol. The zero-order chi connectivity index (χ0) is 15.5. The number of nitrogens with zero attached hydrogens (tertiary/aromatic N) is 1. The second kappa shape index (κ2) is 5.99. The predicted octanol–water partition coefficient (Wildman–Crippen LogP) is 3.25. The van der Waals surface area contributed by atoms with Gasteiger partial charge in [-0.3, -0.25) is 9.78 Å². The third-order valence-corrected chi connectivity index (χ3v) is 3.21. The Morgan fingerprint density at radius 1 is 1.19 bits per heavy atom. The molecule has 1 aromatic heterocycles. The molecule has 1 N–H and O–H groups in total. The highest BCUT2D eigenvalue weighted by atomic mass is 19.3. The van der Waals surface area contributed by atoms with E-state index in [0.717, 1.165) is 11.1 Å². The van der Waals surface area contributed by atoms with Gasteiger partial charge in [0, 0.05) is 19.3 Å². The molecule has 1 atom stereocenters. The maximum absolute atomic E-state index is 13.2. The number of halogens is 2. The Bertz CT molecular complexity index is 624. The molecule has 1 unspecified atom stereocenters. The van der Waals surface area contributed by atoms with Crippen LogP contribution in [0.1, 0.15) is 29.7 Å². The largest absolute Gasteiger partial charge is 0.340 e. The first kappa shape index (κ1) is 15.1. The van der Waals surface area contributed by atoms with Crippen molar-refractivity contribution in [2.75, 3.05) is 0 Å². The molecule has 110 valence electrons. The first-order valence-electron chi connectivity index (χ1n) is 6.54. The van der Waals surface area contributed by atoms with Crippen LogP contribution in [-0.4, -0.2) is 16.8 Å². The third kappa shape index (κ3) is 3.62. The number of benzene rings is 1. The van der Waals surface area contributed by atoms with E-state index in [1.165, 1.54) is 0 Å². The maximum Gasteiger partial charge on any atom is 0.321 e.